The molecule has 1 rings (SSSR count). The Morgan fingerprint density at radius 1 is 0.674 bits per heavy atom. The van der Waals surface area contributed by atoms with Gasteiger partial charge < -0.3 is 29.1 Å². The summed E-state index contributed by atoms with van der Waals surface area (Å²) in [5.41, 5.74) is 3.55. The molecule has 3 N–H and O–H groups in total. The maximum atomic E-state index is 12.5. The first-order valence-corrected chi connectivity index (χ1v) is 20.5. The highest BCUT2D eigenvalue weighted by atomic mass is 31.2. The number of carbonyl (C=O) groups is 2. The van der Waals surface area contributed by atoms with E-state index < -0.39 is 26.5 Å². The lowest BCUT2D eigenvalue weighted by molar-refractivity contribution is -0.373. The van der Waals surface area contributed by atoms with E-state index in [1.165, 1.54) is 109 Å². The molecule has 10 heteroatoms. The second kappa shape index (κ2) is 29.0. The lowest BCUT2D eigenvalue weighted by Gasteiger charge is -2.25. The Kier molecular flexibility index (Phi) is 27.1. The number of phosphoric acid groups is 1. The van der Waals surface area contributed by atoms with Crippen LogP contribution >= 0.6 is 7.82 Å². The van der Waals surface area contributed by atoms with Crippen molar-refractivity contribution in [3.05, 3.63) is 0 Å². The molecule has 1 aliphatic rings. The van der Waals surface area contributed by atoms with E-state index in [4.69, 9.17) is 18.5 Å². The zero-order valence-electron chi connectivity index (χ0n) is 29.7. The maximum absolute atomic E-state index is 12.5. The van der Waals surface area contributed by atoms with E-state index in [1.807, 2.05) is 0 Å². The van der Waals surface area contributed by atoms with Crippen molar-refractivity contribution in [1.29, 1.82) is 0 Å². The molecule has 0 radical (unpaired) electrons. The Balaban J connectivity index is 2.23. The summed E-state index contributed by atoms with van der Waals surface area (Å²) in [4.78, 5) is 36.8. The topological polar surface area (TPSA) is 139 Å². The molecular formula is C36H70NO8P. The van der Waals surface area contributed by atoms with Crippen LogP contribution < -0.4 is 10.6 Å². The summed E-state index contributed by atoms with van der Waals surface area (Å²) in [6.07, 6.45) is 27.4. The van der Waals surface area contributed by atoms with Gasteiger partial charge in [-0.2, -0.15) is 0 Å². The molecule has 1 fully saturated rings. The molecule has 272 valence electrons. The van der Waals surface area contributed by atoms with Crippen LogP contribution in [0.3, 0.4) is 0 Å². The minimum Gasteiger partial charge on any atom is -0.756 e. The molecular weight excluding hydrogens is 605 g/mol. The molecule has 0 aromatic rings. The van der Waals surface area contributed by atoms with Gasteiger partial charge in [0, 0.05) is 12.8 Å². The zero-order chi connectivity index (χ0) is 33.7. The van der Waals surface area contributed by atoms with Gasteiger partial charge >= 0.3 is 11.9 Å². The van der Waals surface area contributed by atoms with Crippen LogP contribution in [0, 0.1) is 11.8 Å². The highest BCUT2D eigenvalue weighted by Crippen LogP contribution is 2.45. The molecule has 3 unspecified atom stereocenters. The van der Waals surface area contributed by atoms with Crippen LogP contribution in [-0.4, -0.2) is 44.4 Å². The number of ether oxygens (including phenoxy) is 2. The third kappa shape index (κ3) is 26.0. The predicted octanol–water partition coefficient (Wildman–Crippen LogP) is 8.22. The molecule has 9 nitrogen and oxygen atoms in total. The summed E-state index contributed by atoms with van der Waals surface area (Å²) >= 11 is 0. The Morgan fingerprint density at radius 2 is 1.13 bits per heavy atom. The van der Waals surface area contributed by atoms with Gasteiger partial charge in [-0.05, 0) is 31.1 Å². The SMILES string of the molecule is CCCCCCCCCCCCCC(=O)OC[C@H](COP(=O)([O-])OCC[NH3+])OC(=O)CCCCCCCC1CC1CCCCCC. The van der Waals surface area contributed by atoms with Crippen molar-refractivity contribution in [2.75, 3.05) is 26.4 Å². The Morgan fingerprint density at radius 3 is 1.65 bits per heavy atom. The standard InChI is InChI=1S/C36H70NO8P/c1-3-5-7-9-10-11-12-13-14-17-21-25-35(38)42-30-34(31-44-46(40,41)43-28-27-37)45-36(39)26-22-18-15-16-20-24-33-29-32(33)23-19-8-6-4-2/h32-34H,3-31,37H2,1-2H3,(H,40,41)/t32?,33?,34-/m1/s1. The number of quaternary nitrogens is 1. The van der Waals surface area contributed by atoms with Crippen LogP contribution in [0.25, 0.3) is 0 Å². The van der Waals surface area contributed by atoms with Crippen molar-refractivity contribution in [2.45, 2.75) is 180 Å². The van der Waals surface area contributed by atoms with E-state index in [9.17, 15) is 19.0 Å². The summed E-state index contributed by atoms with van der Waals surface area (Å²) < 4.78 is 32.4. The first kappa shape index (κ1) is 43.0. The average molecular weight is 676 g/mol. The van der Waals surface area contributed by atoms with Gasteiger partial charge in [-0.15, -0.1) is 0 Å². The quantitative estimate of drug-likeness (QED) is 0.0409. The summed E-state index contributed by atoms with van der Waals surface area (Å²) in [6.45, 7) is 3.95. The third-order valence-corrected chi connectivity index (χ3v) is 9.94. The smallest absolute Gasteiger partial charge is 0.306 e. The molecule has 0 amide bonds. The van der Waals surface area contributed by atoms with Crippen molar-refractivity contribution >= 4 is 19.8 Å². The summed E-state index contributed by atoms with van der Waals surface area (Å²) in [6, 6.07) is 0. The van der Waals surface area contributed by atoms with Gasteiger partial charge in [0.15, 0.2) is 6.10 Å². The van der Waals surface area contributed by atoms with Crippen LogP contribution in [0.4, 0.5) is 0 Å². The van der Waals surface area contributed by atoms with E-state index in [0.29, 0.717) is 6.42 Å². The van der Waals surface area contributed by atoms with Crippen LogP contribution in [0.5, 0.6) is 0 Å². The minimum absolute atomic E-state index is 0.0978. The van der Waals surface area contributed by atoms with Crippen molar-refractivity contribution in [3.63, 3.8) is 0 Å². The van der Waals surface area contributed by atoms with Gasteiger partial charge in [-0.25, -0.2) is 0 Å². The first-order valence-electron chi connectivity index (χ1n) is 19.1. The Hall–Kier alpha value is -0.990. The Bertz CT molecular complexity index is 798. The average Bonchev–Trinajstić information content (AvgIpc) is 3.79. The van der Waals surface area contributed by atoms with Gasteiger partial charge in [0.25, 0.3) is 7.82 Å². The largest absolute Gasteiger partial charge is 0.756 e. The second-order valence-electron chi connectivity index (χ2n) is 13.4. The lowest BCUT2D eigenvalue weighted by Crippen LogP contribution is -2.52. The van der Waals surface area contributed by atoms with Crippen molar-refractivity contribution in [2.24, 2.45) is 11.8 Å². The van der Waals surface area contributed by atoms with Gasteiger partial charge in [0.05, 0.1) is 13.2 Å². The number of hydrogen-bond donors (Lipinski definition) is 1. The fourth-order valence-corrected chi connectivity index (χ4v) is 6.77. The molecule has 1 saturated carbocycles. The van der Waals surface area contributed by atoms with Crippen molar-refractivity contribution in [1.82, 2.24) is 0 Å². The van der Waals surface area contributed by atoms with E-state index >= 15 is 0 Å². The van der Waals surface area contributed by atoms with Crippen LogP contribution in [0.15, 0.2) is 0 Å². The number of hydrogen-bond acceptors (Lipinski definition) is 8. The molecule has 0 saturated heterocycles. The number of phosphoric ester groups is 1. The number of esters is 2. The van der Waals surface area contributed by atoms with E-state index in [1.54, 1.807) is 0 Å². The molecule has 0 spiro atoms. The molecule has 0 aliphatic heterocycles. The summed E-state index contributed by atoms with van der Waals surface area (Å²) in [7, 11) is -4.57. The van der Waals surface area contributed by atoms with Crippen molar-refractivity contribution in [3.8, 4) is 0 Å². The molecule has 0 aromatic heterocycles. The Labute approximate surface area is 281 Å². The maximum Gasteiger partial charge on any atom is 0.306 e. The molecule has 1 aliphatic carbocycles. The van der Waals surface area contributed by atoms with Crippen LogP contribution in [0.1, 0.15) is 174 Å². The van der Waals surface area contributed by atoms with Gasteiger partial charge in [0.2, 0.25) is 0 Å². The van der Waals surface area contributed by atoms with Gasteiger partial charge in [-0.3, -0.25) is 14.2 Å². The fraction of sp³-hybridized carbons (Fsp3) is 0.944. The predicted molar refractivity (Wildman–Crippen MR) is 182 cm³/mol. The molecule has 46 heavy (non-hydrogen) atoms. The third-order valence-electron chi connectivity index (χ3n) is 8.98. The van der Waals surface area contributed by atoms with Gasteiger partial charge in [-0.1, -0.05) is 142 Å². The number of unbranched alkanes of at least 4 members (excludes halogenated alkanes) is 17. The number of carbonyl (C=O) groups excluding carboxylic acids is 2. The molecule has 0 heterocycles. The lowest BCUT2D eigenvalue weighted by atomic mass is 10.0. The van der Waals surface area contributed by atoms with E-state index in [2.05, 4.69) is 19.6 Å². The molecule has 0 bridgehead atoms. The summed E-state index contributed by atoms with van der Waals surface area (Å²) in [5.74, 6) is 1.08. The normalized spacial score (nSPS) is 17.8. The van der Waals surface area contributed by atoms with Crippen molar-refractivity contribution < 1.29 is 43.3 Å². The zero-order valence-corrected chi connectivity index (χ0v) is 30.6. The van der Waals surface area contributed by atoms with E-state index in [0.717, 1.165) is 43.9 Å². The second-order valence-corrected chi connectivity index (χ2v) is 14.8. The highest BCUT2D eigenvalue weighted by molar-refractivity contribution is 7.45. The van der Waals surface area contributed by atoms with Crippen LogP contribution in [-0.2, 0) is 32.7 Å². The summed E-state index contributed by atoms with van der Waals surface area (Å²) in [5, 5.41) is 0. The first-order chi connectivity index (χ1) is 22.3. The molecule has 0 aromatic carbocycles. The van der Waals surface area contributed by atoms with Gasteiger partial charge in [0.1, 0.15) is 13.2 Å². The molecule has 4 atom stereocenters. The highest BCUT2D eigenvalue weighted by Gasteiger charge is 2.35. The minimum atomic E-state index is -4.57. The number of rotatable bonds is 34. The fourth-order valence-electron chi connectivity index (χ4n) is 6.00. The van der Waals surface area contributed by atoms with Crippen LogP contribution in [0.2, 0.25) is 0 Å². The van der Waals surface area contributed by atoms with E-state index in [-0.39, 0.29) is 38.6 Å². The monoisotopic (exact) mass is 675 g/mol.